The Kier molecular flexibility index (Phi) is 9.14. The molecule has 0 spiro atoms. The highest BCUT2D eigenvalue weighted by Gasteiger charge is 2.47. The molecule has 1 heteroatoms. The van der Waals surface area contributed by atoms with Crippen LogP contribution in [-0.2, 0) is 10.8 Å². The van der Waals surface area contributed by atoms with Crippen LogP contribution in [0.4, 0.5) is 17.1 Å². The second-order valence-corrected chi connectivity index (χ2v) is 18.0. The first-order valence-electron chi connectivity index (χ1n) is 22.8. The molecule has 12 rings (SSSR count). The third-order valence-corrected chi connectivity index (χ3v) is 14.2. The molecule has 0 heterocycles. The first kappa shape index (κ1) is 38.7. The number of nitrogens with zero attached hydrogens (tertiary/aromatic N) is 1. The fourth-order valence-electron chi connectivity index (χ4n) is 11.1. The van der Waals surface area contributed by atoms with E-state index in [2.05, 4.69) is 267 Å². The predicted octanol–water partition coefficient (Wildman–Crippen LogP) is 16.8. The Balaban J connectivity index is 1.05. The van der Waals surface area contributed by atoms with Crippen molar-refractivity contribution in [3.05, 3.63) is 282 Å². The SMILES string of the molecule is CC1(C)c2ccccc2-c2ccc(-c3ccc(N(c4cccc(-c5cccc(-c6ccccc6)c5)c4)c4cccc5c4-c4ccccc4C5(c4ccccc4)c4ccccc4)cc3)cc21. The molecular weight excluding hydrogens is 783 g/mol. The second-order valence-electron chi connectivity index (χ2n) is 18.0. The van der Waals surface area contributed by atoms with Gasteiger partial charge in [0.2, 0.25) is 0 Å². The summed E-state index contributed by atoms with van der Waals surface area (Å²) in [5, 5.41) is 0. The lowest BCUT2D eigenvalue weighted by Gasteiger charge is -2.34. The van der Waals surface area contributed by atoms with Crippen LogP contribution < -0.4 is 4.90 Å². The second kappa shape index (κ2) is 15.4. The van der Waals surface area contributed by atoms with Crippen LogP contribution >= 0.6 is 0 Å². The van der Waals surface area contributed by atoms with E-state index in [1.54, 1.807) is 0 Å². The van der Waals surface area contributed by atoms with Crippen molar-refractivity contribution in [1.29, 1.82) is 0 Å². The first-order valence-corrected chi connectivity index (χ1v) is 22.8. The van der Waals surface area contributed by atoms with E-state index in [-0.39, 0.29) is 5.41 Å². The molecular formula is C64H47N. The minimum Gasteiger partial charge on any atom is -0.310 e. The third-order valence-electron chi connectivity index (χ3n) is 14.2. The Morgan fingerprint density at radius 3 is 1.48 bits per heavy atom. The number of rotatable bonds is 8. The molecule has 2 aliphatic rings. The van der Waals surface area contributed by atoms with E-state index in [9.17, 15) is 0 Å². The summed E-state index contributed by atoms with van der Waals surface area (Å²) in [7, 11) is 0. The molecule has 10 aromatic rings. The van der Waals surface area contributed by atoms with E-state index in [4.69, 9.17) is 0 Å². The summed E-state index contributed by atoms with van der Waals surface area (Å²) >= 11 is 0. The maximum Gasteiger partial charge on any atom is 0.0714 e. The van der Waals surface area contributed by atoms with E-state index in [1.165, 1.54) is 89.0 Å². The molecule has 0 bridgehead atoms. The van der Waals surface area contributed by atoms with Gasteiger partial charge in [-0.1, -0.05) is 220 Å². The highest BCUT2D eigenvalue weighted by atomic mass is 15.1. The van der Waals surface area contributed by atoms with E-state index in [0.29, 0.717) is 0 Å². The Hall–Kier alpha value is -8.00. The van der Waals surface area contributed by atoms with Gasteiger partial charge in [0.05, 0.1) is 11.1 Å². The van der Waals surface area contributed by atoms with Crippen LogP contribution in [0.5, 0.6) is 0 Å². The van der Waals surface area contributed by atoms with Gasteiger partial charge in [0.25, 0.3) is 0 Å². The van der Waals surface area contributed by atoms with Gasteiger partial charge in [-0.05, 0) is 126 Å². The van der Waals surface area contributed by atoms with E-state index < -0.39 is 5.41 Å². The fraction of sp³-hybridized carbons (Fsp3) is 0.0625. The molecule has 0 saturated heterocycles. The smallest absolute Gasteiger partial charge is 0.0714 e. The van der Waals surface area contributed by atoms with Gasteiger partial charge < -0.3 is 4.90 Å². The lowest BCUT2D eigenvalue weighted by atomic mass is 9.68. The molecule has 308 valence electrons. The molecule has 0 fully saturated rings. The van der Waals surface area contributed by atoms with Gasteiger partial charge in [-0.15, -0.1) is 0 Å². The van der Waals surface area contributed by atoms with Crippen LogP contribution in [0.1, 0.15) is 47.2 Å². The van der Waals surface area contributed by atoms with E-state index in [1.807, 2.05) is 0 Å². The summed E-state index contributed by atoms with van der Waals surface area (Å²) in [4.78, 5) is 2.48. The quantitative estimate of drug-likeness (QED) is 0.147. The Morgan fingerprint density at radius 1 is 0.292 bits per heavy atom. The van der Waals surface area contributed by atoms with E-state index in [0.717, 1.165) is 17.1 Å². The number of hydrogen-bond acceptors (Lipinski definition) is 1. The summed E-state index contributed by atoms with van der Waals surface area (Å²) < 4.78 is 0. The fourth-order valence-corrected chi connectivity index (χ4v) is 11.1. The topological polar surface area (TPSA) is 3.24 Å². The predicted molar refractivity (Wildman–Crippen MR) is 272 cm³/mol. The molecule has 2 aliphatic carbocycles. The Labute approximate surface area is 382 Å². The molecule has 0 aromatic heterocycles. The zero-order valence-corrected chi connectivity index (χ0v) is 36.6. The van der Waals surface area contributed by atoms with Crippen LogP contribution in [0.2, 0.25) is 0 Å². The molecule has 0 amide bonds. The lowest BCUT2D eigenvalue weighted by Crippen LogP contribution is -2.28. The Bertz CT molecular complexity index is 3340. The van der Waals surface area contributed by atoms with Crippen molar-refractivity contribution in [3.8, 4) is 55.6 Å². The number of fused-ring (bicyclic) bond motifs is 6. The molecule has 0 unspecified atom stereocenters. The minimum atomic E-state index is -0.513. The monoisotopic (exact) mass is 829 g/mol. The van der Waals surface area contributed by atoms with Gasteiger partial charge in [-0.3, -0.25) is 0 Å². The van der Waals surface area contributed by atoms with Gasteiger partial charge in [0, 0.05) is 22.4 Å². The summed E-state index contributed by atoms with van der Waals surface area (Å²) in [6.07, 6.45) is 0. The standard InChI is InChI=1S/C64H47N/c1-63(2)57-31-14-12-29-54(57)55-40-37-49(43-60(55)63)45-35-38-52(39-36-45)65(53-28-17-23-48(42-53)47-22-16-21-46(41-47)44-19-6-3-7-20-44)61-34-18-33-59-62(61)56-30-13-15-32-58(56)64(59,50-24-8-4-9-25-50)51-26-10-5-11-27-51/h3-43H,1-2H3. The van der Waals surface area contributed by atoms with Crippen molar-refractivity contribution >= 4 is 17.1 Å². The molecule has 1 nitrogen and oxygen atoms in total. The summed E-state index contributed by atoms with van der Waals surface area (Å²) in [5.41, 5.74) is 23.0. The normalized spacial score (nSPS) is 13.6. The number of benzene rings is 10. The highest BCUT2D eigenvalue weighted by Crippen LogP contribution is 2.59. The Morgan fingerprint density at radius 2 is 0.769 bits per heavy atom. The van der Waals surface area contributed by atoms with Crippen LogP contribution in [0.25, 0.3) is 55.6 Å². The van der Waals surface area contributed by atoms with Crippen molar-refractivity contribution in [2.75, 3.05) is 4.90 Å². The van der Waals surface area contributed by atoms with Crippen molar-refractivity contribution in [2.24, 2.45) is 0 Å². The van der Waals surface area contributed by atoms with Crippen molar-refractivity contribution in [2.45, 2.75) is 24.7 Å². The van der Waals surface area contributed by atoms with Crippen LogP contribution in [-0.4, -0.2) is 0 Å². The van der Waals surface area contributed by atoms with Crippen LogP contribution in [0.3, 0.4) is 0 Å². The lowest BCUT2D eigenvalue weighted by molar-refractivity contribution is 0.660. The minimum absolute atomic E-state index is 0.0665. The maximum absolute atomic E-state index is 2.48. The summed E-state index contributed by atoms with van der Waals surface area (Å²) in [5.74, 6) is 0. The largest absolute Gasteiger partial charge is 0.310 e. The zero-order valence-electron chi connectivity index (χ0n) is 36.6. The zero-order chi connectivity index (χ0) is 43.5. The average molecular weight is 830 g/mol. The van der Waals surface area contributed by atoms with Crippen molar-refractivity contribution in [1.82, 2.24) is 0 Å². The molecule has 0 atom stereocenters. The van der Waals surface area contributed by atoms with Crippen molar-refractivity contribution < 1.29 is 0 Å². The molecule has 0 radical (unpaired) electrons. The van der Waals surface area contributed by atoms with Crippen LogP contribution in [0, 0.1) is 0 Å². The van der Waals surface area contributed by atoms with Gasteiger partial charge in [-0.2, -0.15) is 0 Å². The van der Waals surface area contributed by atoms with Gasteiger partial charge in [0.15, 0.2) is 0 Å². The summed E-state index contributed by atoms with van der Waals surface area (Å²) in [6, 6.07) is 92.0. The molecule has 65 heavy (non-hydrogen) atoms. The van der Waals surface area contributed by atoms with Gasteiger partial charge >= 0.3 is 0 Å². The van der Waals surface area contributed by atoms with Gasteiger partial charge in [-0.25, -0.2) is 0 Å². The molecule has 0 aliphatic heterocycles. The van der Waals surface area contributed by atoms with Crippen LogP contribution in [0.15, 0.2) is 249 Å². The summed E-state index contributed by atoms with van der Waals surface area (Å²) in [6.45, 7) is 4.71. The van der Waals surface area contributed by atoms with E-state index >= 15 is 0 Å². The van der Waals surface area contributed by atoms with Crippen molar-refractivity contribution in [3.63, 3.8) is 0 Å². The maximum atomic E-state index is 2.48. The molecule has 0 saturated carbocycles. The van der Waals surface area contributed by atoms with Gasteiger partial charge in [0.1, 0.15) is 0 Å². The molecule has 0 N–H and O–H groups in total. The molecule has 10 aromatic carbocycles. The third kappa shape index (κ3) is 6.15. The average Bonchev–Trinajstić information content (AvgIpc) is 3.81. The first-order chi connectivity index (χ1) is 32.0. The number of anilines is 3. The highest BCUT2D eigenvalue weighted by molar-refractivity contribution is 5.98. The number of hydrogen-bond donors (Lipinski definition) is 0.